The van der Waals surface area contributed by atoms with Crippen LogP contribution in [0.15, 0.2) is 42.5 Å². The van der Waals surface area contributed by atoms with E-state index in [-0.39, 0.29) is 12.0 Å². The molecule has 7 heteroatoms. The molecule has 0 saturated heterocycles. The number of amides is 2. The number of carbonyl (C=O) groups is 2. The van der Waals surface area contributed by atoms with E-state index in [1.54, 1.807) is 18.2 Å². The van der Waals surface area contributed by atoms with E-state index in [0.717, 1.165) is 12.1 Å². The van der Waals surface area contributed by atoms with Gasteiger partial charge in [-0.05, 0) is 42.0 Å². The molecule has 0 spiro atoms. The number of hydrazine groups is 1. The third-order valence-corrected chi connectivity index (χ3v) is 3.51. The minimum absolute atomic E-state index is 0.0284. The van der Waals surface area contributed by atoms with Gasteiger partial charge in [0, 0.05) is 5.56 Å². The molecule has 0 atom stereocenters. The maximum atomic E-state index is 12.7. The van der Waals surface area contributed by atoms with Crippen molar-refractivity contribution >= 4 is 35.0 Å². The highest BCUT2D eigenvalue weighted by atomic mass is 35.5. The van der Waals surface area contributed by atoms with Crippen LogP contribution in [0.25, 0.3) is 0 Å². The second-order valence-electron chi connectivity index (χ2n) is 4.43. The zero-order chi connectivity index (χ0) is 16.1. The second kappa shape index (κ2) is 7.24. The van der Waals surface area contributed by atoms with Crippen LogP contribution in [0.1, 0.15) is 15.9 Å². The van der Waals surface area contributed by atoms with Gasteiger partial charge in [-0.15, -0.1) is 0 Å². The maximum Gasteiger partial charge on any atom is 0.269 e. The first-order valence-corrected chi connectivity index (χ1v) is 7.00. The molecule has 0 radical (unpaired) electrons. The van der Waals surface area contributed by atoms with Crippen molar-refractivity contribution in [1.29, 1.82) is 0 Å². The summed E-state index contributed by atoms with van der Waals surface area (Å²) in [6.45, 7) is 0. The van der Waals surface area contributed by atoms with Crippen LogP contribution in [0, 0.1) is 5.82 Å². The minimum Gasteiger partial charge on any atom is -0.273 e. The standard InChI is InChI=1S/C15H11Cl2FN2O2/c16-12-6-1-9(7-13(12)17)8-14(21)19-20-15(22)10-2-4-11(18)5-3-10/h1-7H,8H2,(H,19,21)(H,20,22). The normalized spacial score (nSPS) is 10.1. The van der Waals surface area contributed by atoms with Gasteiger partial charge in [0.25, 0.3) is 5.91 Å². The maximum absolute atomic E-state index is 12.7. The number of hydrogen-bond acceptors (Lipinski definition) is 2. The van der Waals surface area contributed by atoms with Crippen molar-refractivity contribution in [3.8, 4) is 0 Å². The van der Waals surface area contributed by atoms with Gasteiger partial charge < -0.3 is 0 Å². The molecule has 0 aromatic heterocycles. The van der Waals surface area contributed by atoms with Crippen molar-refractivity contribution in [2.75, 3.05) is 0 Å². The number of nitrogens with one attached hydrogen (secondary N) is 2. The van der Waals surface area contributed by atoms with E-state index in [9.17, 15) is 14.0 Å². The summed E-state index contributed by atoms with van der Waals surface area (Å²) in [4.78, 5) is 23.5. The Bertz CT molecular complexity index is 705. The van der Waals surface area contributed by atoms with Crippen LogP contribution < -0.4 is 10.9 Å². The average Bonchev–Trinajstić information content (AvgIpc) is 2.49. The molecule has 0 bridgehead atoms. The molecule has 0 heterocycles. The Kier molecular flexibility index (Phi) is 5.35. The highest BCUT2D eigenvalue weighted by molar-refractivity contribution is 6.42. The quantitative estimate of drug-likeness (QED) is 0.843. The van der Waals surface area contributed by atoms with Gasteiger partial charge in [0.1, 0.15) is 5.82 Å². The molecule has 0 aliphatic heterocycles. The molecular weight excluding hydrogens is 330 g/mol. The van der Waals surface area contributed by atoms with E-state index < -0.39 is 17.6 Å². The average molecular weight is 341 g/mol. The SMILES string of the molecule is O=C(Cc1ccc(Cl)c(Cl)c1)NNC(=O)c1ccc(F)cc1. The summed E-state index contributed by atoms with van der Waals surface area (Å²) in [6.07, 6.45) is 0.0284. The van der Waals surface area contributed by atoms with E-state index in [1.807, 2.05) is 0 Å². The fraction of sp³-hybridized carbons (Fsp3) is 0.0667. The second-order valence-corrected chi connectivity index (χ2v) is 5.25. The molecule has 0 aliphatic carbocycles. The largest absolute Gasteiger partial charge is 0.273 e. The number of carbonyl (C=O) groups excluding carboxylic acids is 2. The highest BCUT2D eigenvalue weighted by Gasteiger charge is 2.09. The van der Waals surface area contributed by atoms with Gasteiger partial charge in [0.05, 0.1) is 16.5 Å². The molecule has 0 unspecified atom stereocenters. The Morgan fingerprint density at radius 1 is 0.955 bits per heavy atom. The lowest BCUT2D eigenvalue weighted by atomic mass is 10.1. The molecule has 2 amide bonds. The third-order valence-electron chi connectivity index (χ3n) is 2.77. The number of rotatable bonds is 3. The van der Waals surface area contributed by atoms with Crippen LogP contribution in [0.5, 0.6) is 0 Å². The molecule has 2 N–H and O–H groups in total. The van der Waals surface area contributed by atoms with Gasteiger partial charge >= 0.3 is 0 Å². The molecule has 4 nitrogen and oxygen atoms in total. The van der Waals surface area contributed by atoms with E-state index in [0.29, 0.717) is 15.6 Å². The minimum atomic E-state index is -0.539. The zero-order valence-electron chi connectivity index (χ0n) is 11.2. The lowest BCUT2D eigenvalue weighted by Crippen LogP contribution is -2.42. The number of benzene rings is 2. The lowest BCUT2D eigenvalue weighted by Gasteiger charge is -2.08. The van der Waals surface area contributed by atoms with Crippen LogP contribution in [-0.4, -0.2) is 11.8 Å². The summed E-state index contributed by atoms with van der Waals surface area (Å²) in [5.74, 6) is -1.41. The van der Waals surface area contributed by atoms with E-state index >= 15 is 0 Å². The molecule has 0 saturated carbocycles. The lowest BCUT2D eigenvalue weighted by molar-refractivity contribution is -0.121. The molecule has 2 rings (SSSR count). The third kappa shape index (κ3) is 4.44. The van der Waals surface area contributed by atoms with Gasteiger partial charge in [-0.1, -0.05) is 29.3 Å². The van der Waals surface area contributed by atoms with Crippen molar-refractivity contribution in [3.63, 3.8) is 0 Å². The monoisotopic (exact) mass is 340 g/mol. The van der Waals surface area contributed by atoms with Crippen molar-refractivity contribution < 1.29 is 14.0 Å². The summed E-state index contributed by atoms with van der Waals surface area (Å²) >= 11 is 11.6. The Balaban J connectivity index is 1.88. The van der Waals surface area contributed by atoms with Crippen molar-refractivity contribution in [2.24, 2.45) is 0 Å². The molecule has 22 heavy (non-hydrogen) atoms. The van der Waals surface area contributed by atoms with Crippen molar-refractivity contribution in [3.05, 3.63) is 69.5 Å². The summed E-state index contributed by atoms with van der Waals surface area (Å²) in [6, 6.07) is 9.77. The molecule has 2 aromatic carbocycles. The van der Waals surface area contributed by atoms with E-state index in [4.69, 9.17) is 23.2 Å². The summed E-state index contributed by atoms with van der Waals surface area (Å²) in [5, 5.41) is 0.748. The van der Waals surface area contributed by atoms with Crippen molar-refractivity contribution in [2.45, 2.75) is 6.42 Å². The van der Waals surface area contributed by atoms with Gasteiger partial charge in [-0.2, -0.15) is 0 Å². The van der Waals surface area contributed by atoms with Crippen molar-refractivity contribution in [1.82, 2.24) is 10.9 Å². The summed E-state index contributed by atoms with van der Waals surface area (Å²) in [5.41, 5.74) is 5.40. The van der Waals surface area contributed by atoms with Crippen LogP contribution >= 0.6 is 23.2 Å². The zero-order valence-corrected chi connectivity index (χ0v) is 12.7. The van der Waals surface area contributed by atoms with Crippen LogP contribution in [0.3, 0.4) is 0 Å². The summed E-state index contributed by atoms with van der Waals surface area (Å²) in [7, 11) is 0. The number of hydrogen-bond donors (Lipinski definition) is 2. The first kappa shape index (κ1) is 16.3. The van der Waals surface area contributed by atoms with Gasteiger partial charge in [0.2, 0.25) is 5.91 Å². The first-order valence-electron chi connectivity index (χ1n) is 6.24. The highest BCUT2D eigenvalue weighted by Crippen LogP contribution is 2.22. The smallest absolute Gasteiger partial charge is 0.269 e. The Hall–Kier alpha value is -2.11. The van der Waals surface area contributed by atoms with E-state index in [2.05, 4.69) is 10.9 Å². The van der Waals surface area contributed by atoms with E-state index in [1.165, 1.54) is 12.1 Å². The Morgan fingerprint density at radius 2 is 1.64 bits per heavy atom. The topological polar surface area (TPSA) is 58.2 Å². The molecule has 0 fully saturated rings. The molecule has 114 valence electrons. The van der Waals surface area contributed by atoms with Crippen LogP contribution in [-0.2, 0) is 11.2 Å². The van der Waals surface area contributed by atoms with Gasteiger partial charge in [-0.3, -0.25) is 20.4 Å². The fourth-order valence-corrected chi connectivity index (χ4v) is 2.00. The van der Waals surface area contributed by atoms with Crippen LogP contribution in [0.4, 0.5) is 4.39 Å². The van der Waals surface area contributed by atoms with Gasteiger partial charge in [-0.25, -0.2) is 4.39 Å². The summed E-state index contributed by atoms with van der Waals surface area (Å²) < 4.78 is 12.7. The Morgan fingerprint density at radius 3 is 2.27 bits per heavy atom. The fourth-order valence-electron chi connectivity index (χ4n) is 1.68. The molecule has 0 aliphatic rings. The predicted octanol–water partition coefficient (Wildman–Crippen LogP) is 3.14. The predicted molar refractivity (Wildman–Crippen MR) is 82.2 cm³/mol. The number of halogens is 3. The van der Waals surface area contributed by atoms with Crippen LogP contribution in [0.2, 0.25) is 10.0 Å². The first-order chi connectivity index (χ1) is 10.5. The molecular formula is C15H11Cl2FN2O2. The molecule has 2 aromatic rings. The Labute approximate surface area is 136 Å². The van der Waals surface area contributed by atoms with Gasteiger partial charge in [0.15, 0.2) is 0 Å².